The van der Waals surface area contributed by atoms with Gasteiger partial charge in [0.2, 0.25) is 5.91 Å². The summed E-state index contributed by atoms with van der Waals surface area (Å²) in [6.45, 7) is 4.13. The molecule has 0 unspecified atom stereocenters. The quantitative estimate of drug-likeness (QED) is 0.523. The fourth-order valence-corrected chi connectivity index (χ4v) is 3.40. The van der Waals surface area contributed by atoms with E-state index in [0.717, 1.165) is 33.6 Å². The van der Waals surface area contributed by atoms with Gasteiger partial charge in [-0.3, -0.25) is 4.79 Å². The zero-order chi connectivity index (χ0) is 19.7. The van der Waals surface area contributed by atoms with Crippen LogP contribution in [0.25, 0.3) is 22.0 Å². The molecule has 0 saturated carbocycles. The Morgan fingerprint density at radius 2 is 2.07 bits per heavy atom. The molecule has 2 aromatic heterocycles. The van der Waals surface area contributed by atoms with Crippen molar-refractivity contribution < 1.29 is 13.9 Å². The number of methoxy groups -OCH3 is 1. The van der Waals surface area contributed by atoms with Gasteiger partial charge in [0.25, 0.3) is 0 Å². The highest BCUT2D eigenvalue weighted by atomic mass is 16.5. The highest BCUT2D eigenvalue weighted by Crippen LogP contribution is 2.27. The van der Waals surface area contributed by atoms with Crippen LogP contribution in [0.5, 0.6) is 5.75 Å². The number of rotatable bonds is 6. The largest absolute Gasteiger partial charge is 0.497 e. The average molecular weight is 377 g/mol. The van der Waals surface area contributed by atoms with Crippen LogP contribution in [0.1, 0.15) is 31.3 Å². The van der Waals surface area contributed by atoms with Crippen molar-refractivity contribution in [1.29, 1.82) is 0 Å². The summed E-state index contributed by atoms with van der Waals surface area (Å²) in [5, 5.41) is 4.04. The molecule has 0 bridgehead atoms. The molecule has 4 rings (SSSR count). The van der Waals surface area contributed by atoms with Crippen molar-refractivity contribution in [2.45, 2.75) is 26.3 Å². The molecular formula is C22H23N3O3. The van der Waals surface area contributed by atoms with Crippen LogP contribution < -0.4 is 10.1 Å². The Bertz CT molecular complexity index is 1090. The molecular weight excluding hydrogens is 354 g/mol. The lowest BCUT2D eigenvalue weighted by Crippen LogP contribution is -2.33. The van der Waals surface area contributed by atoms with Gasteiger partial charge in [-0.25, -0.2) is 4.98 Å². The molecule has 0 saturated heterocycles. The molecule has 144 valence electrons. The maximum absolute atomic E-state index is 12.8. The molecule has 1 atom stereocenters. The van der Waals surface area contributed by atoms with Crippen LogP contribution in [-0.2, 0) is 11.2 Å². The number of nitrogens with zero attached hydrogens (tertiary/aromatic N) is 1. The minimum atomic E-state index is -0.196. The summed E-state index contributed by atoms with van der Waals surface area (Å²) in [6.07, 6.45) is 1.87. The van der Waals surface area contributed by atoms with Gasteiger partial charge in [0.1, 0.15) is 17.2 Å². The first-order valence-corrected chi connectivity index (χ1v) is 9.33. The van der Waals surface area contributed by atoms with Crippen molar-refractivity contribution >= 4 is 27.9 Å². The third-order valence-electron chi connectivity index (χ3n) is 4.90. The molecule has 0 radical (unpaired) electrons. The first kappa shape index (κ1) is 18.1. The topological polar surface area (TPSA) is 80.1 Å². The van der Waals surface area contributed by atoms with Crippen LogP contribution in [-0.4, -0.2) is 23.0 Å². The number of ether oxygens (including phenoxy) is 1. The molecule has 2 heterocycles. The molecule has 2 N–H and O–H groups in total. The molecule has 0 spiro atoms. The number of fused-ring (bicyclic) bond motifs is 2. The normalized spacial score (nSPS) is 12.6. The van der Waals surface area contributed by atoms with E-state index in [1.165, 1.54) is 0 Å². The van der Waals surface area contributed by atoms with E-state index < -0.39 is 0 Å². The van der Waals surface area contributed by atoms with Crippen molar-refractivity contribution in [3.8, 4) is 5.75 Å². The lowest BCUT2D eigenvalue weighted by atomic mass is 10.0. The van der Waals surface area contributed by atoms with Gasteiger partial charge in [-0.05, 0) is 30.2 Å². The maximum atomic E-state index is 12.8. The summed E-state index contributed by atoms with van der Waals surface area (Å²) < 4.78 is 10.8. The Hall–Kier alpha value is -3.28. The van der Waals surface area contributed by atoms with E-state index in [0.29, 0.717) is 5.58 Å². The summed E-state index contributed by atoms with van der Waals surface area (Å²) in [5.74, 6) is 1.61. The molecule has 0 aliphatic carbocycles. The fraction of sp³-hybridized carbons (Fsp3) is 0.273. The number of carbonyl (C=O) groups is 1. The summed E-state index contributed by atoms with van der Waals surface area (Å²) in [6, 6.07) is 13.3. The van der Waals surface area contributed by atoms with E-state index in [9.17, 15) is 4.79 Å². The smallest absolute Gasteiger partial charge is 0.225 e. The van der Waals surface area contributed by atoms with Crippen LogP contribution in [0.15, 0.2) is 53.1 Å². The number of carbonyl (C=O) groups excluding carboxylic acids is 1. The molecule has 0 fully saturated rings. The van der Waals surface area contributed by atoms with Crippen LogP contribution in [0, 0.1) is 5.92 Å². The predicted octanol–water partition coefficient (Wildman–Crippen LogP) is 4.37. The van der Waals surface area contributed by atoms with E-state index in [2.05, 4.69) is 29.1 Å². The fourth-order valence-electron chi connectivity index (χ4n) is 3.40. The van der Waals surface area contributed by atoms with Crippen molar-refractivity contribution in [2.24, 2.45) is 5.92 Å². The predicted molar refractivity (Wildman–Crippen MR) is 108 cm³/mol. The Morgan fingerprint density at radius 3 is 2.82 bits per heavy atom. The third-order valence-corrected chi connectivity index (χ3v) is 4.90. The number of H-pyrrole nitrogens is 1. The summed E-state index contributed by atoms with van der Waals surface area (Å²) in [4.78, 5) is 20.7. The maximum Gasteiger partial charge on any atom is 0.225 e. The molecule has 4 aromatic rings. The molecule has 0 aliphatic rings. The number of hydrogen-bond donors (Lipinski definition) is 2. The molecule has 1 amide bonds. The minimum absolute atomic E-state index is 0.0716. The zero-order valence-corrected chi connectivity index (χ0v) is 16.2. The average Bonchev–Trinajstić information content (AvgIpc) is 3.29. The lowest BCUT2D eigenvalue weighted by molar-refractivity contribution is -0.121. The van der Waals surface area contributed by atoms with Crippen molar-refractivity contribution in [1.82, 2.24) is 15.3 Å². The third kappa shape index (κ3) is 3.45. The van der Waals surface area contributed by atoms with Crippen molar-refractivity contribution in [2.75, 3.05) is 7.11 Å². The Labute approximate surface area is 162 Å². The van der Waals surface area contributed by atoms with Crippen LogP contribution >= 0.6 is 0 Å². The van der Waals surface area contributed by atoms with E-state index in [1.54, 1.807) is 13.4 Å². The second kappa shape index (κ2) is 7.38. The van der Waals surface area contributed by atoms with E-state index in [1.807, 2.05) is 42.5 Å². The van der Waals surface area contributed by atoms with E-state index >= 15 is 0 Å². The number of aromatic amines is 1. The molecule has 6 nitrogen and oxygen atoms in total. The van der Waals surface area contributed by atoms with Crippen LogP contribution in [0.4, 0.5) is 0 Å². The van der Waals surface area contributed by atoms with Crippen molar-refractivity contribution in [3.05, 3.63) is 60.1 Å². The summed E-state index contributed by atoms with van der Waals surface area (Å²) >= 11 is 0. The zero-order valence-electron chi connectivity index (χ0n) is 16.2. The Balaban J connectivity index is 1.54. The second-order valence-corrected chi connectivity index (χ2v) is 7.23. The number of para-hydroxylation sites is 2. The number of nitrogens with one attached hydrogen (secondary N) is 2. The Morgan fingerprint density at radius 1 is 1.25 bits per heavy atom. The molecule has 2 aromatic carbocycles. The highest BCUT2D eigenvalue weighted by Gasteiger charge is 2.22. The number of aromatic nitrogens is 2. The van der Waals surface area contributed by atoms with Gasteiger partial charge in [-0.2, -0.15) is 0 Å². The Kier molecular flexibility index (Phi) is 4.77. The van der Waals surface area contributed by atoms with Gasteiger partial charge in [0.15, 0.2) is 0 Å². The summed E-state index contributed by atoms with van der Waals surface area (Å²) in [7, 11) is 1.61. The second-order valence-electron chi connectivity index (χ2n) is 7.23. The molecule has 28 heavy (non-hydrogen) atoms. The van der Waals surface area contributed by atoms with E-state index in [4.69, 9.17) is 9.15 Å². The standard InChI is InChI=1S/C22H23N3O3/c1-13(2)21(22-23-17-6-4-5-7-18(17)24-22)25-20(26)10-14-12-28-19-11-15(27-3)8-9-16(14)19/h4-9,11-13,21H,10H2,1-3H3,(H,23,24)(H,25,26)/t21-/m0/s1. The number of furan rings is 1. The van der Waals surface area contributed by atoms with Gasteiger partial charge in [0, 0.05) is 17.0 Å². The number of hydrogen-bond acceptors (Lipinski definition) is 4. The van der Waals surface area contributed by atoms with Gasteiger partial charge in [-0.1, -0.05) is 26.0 Å². The lowest BCUT2D eigenvalue weighted by Gasteiger charge is -2.20. The first-order valence-electron chi connectivity index (χ1n) is 9.33. The molecule has 6 heteroatoms. The molecule has 0 aliphatic heterocycles. The first-order chi connectivity index (χ1) is 13.5. The SMILES string of the molecule is COc1ccc2c(CC(=O)N[C@H](c3nc4ccccc4[nH]3)C(C)C)coc2c1. The van der Waals surface area contributed by atoms with Gasteiger partial charge in [-0.15, -0.1) is 0 Å². The number of amides is 1. The number of benzene rings is 2. The van der Waals surface area contributed by atoms with E-state index in [-0.39, 0.29) is 24.3 Å². The highest BCUT2D eigenvalue weighted by molar-refractivity contribution is 5.88. The summed E-state index contributed by atoms with van der Waals surface area (Å²) in [5.41, 5.74) is 3.42. The van der Waals surface area contributed by atoms with Crippen molar-refractivity contribution in [3.63, 3.8) is 0 Å². The monoisotopic (exact) mass is 377 g/mol. The van der Waals surface area contributed by atoms with Gasteiger partial charge in [0.05, 0.1) is 36.9 Å². The number of imidazole rings is 1. The van der Waals surface area contributed by atoms with Crippen LogP contribution in [0.3, 0.4) is 0 Å². The van der Waals surface area contributed by atoms with Gasteiger partial charge >= 0.3 is 0 Å². The van der Waals surface area contributed by atoms with Crippen LogP contribution in [0.2, 0.25) is 0 Å². The minimum Gasteiger partial charge on any atom is -0.497 e. The van der Waals surface area contributed by atoms with Gasteiger partial charge < -0.3 is 19.5 Å².